The van der Waals surface area contributed by atoms with Crippen LogP contribution in [0, 0.1) is 6.92 Å². The number of aryl methyl sites for hydroxylation is 1. The predicted octanol–water partition coefficient (Wildman–Crippen LogP) is 6.88. The number of carbonyl (C=O) groups excluding carboxylic acids is 1. The van der Waals surface area contributed by atoms with Gasteiger partial charge in [-0.25, -0.2) is 9.78 Å². The Bertz CT molecular complexity index is 1770. The molecule has 0 aliphatic carbocycles. The molecule has 0 radical (unpaired) electrons. The molecule has 0 unspecified atom stereocenters. The van der Waals surface area contributed by atoms with Gasteiger partial charge >= 0.3 is 5.97 Å². The monoisotopic (exact) mass is 584 g/mol. The molecule has 1 aliphatic heterocycles. The van der Waals surface area contributed by atoms with Crippen LogP contribution in [-0.4, -0.2) is 28.9 Å². The molecule has 38 heavy (non-hydrogen) atoms. The first-order valence-corrected chi connectivity index (χ1v) is 14.9. The third-order valence-corrected chi connectivity index (χ3v) is 9.66. The average Bonchev–Trinajstić information content (AvgIpc) is 3.61. The largest absolute Gasteiger partial charge is 0.462 e. The maximum Gasteiger partial charge on any atom is 0.348 e. The van der Waals surface area contributed by atoms with Crippen LogP contribution in [0.25, 0.3) is 20.3 Å². The number of hydrogen-bond donors (Lipinski definition) is 0. The Morgan fingerprint density at radius 2 is 2.05 bits per heavy atom. The van der Waals surface area contributed by atoms with Crippen molar-refractivity contribution in [1.29, 1.82) is 0 Å². The Labute approximate surface area is 234 Å². The van der Waals surface area contributed by atoms with E-state index in [1.807, 2.05) is 36.4 Å². The molecule has 0 bridgehead atoms. The minimum Gasteiger partial charge on any atom is -0.462 e. The van der Waals surface area contributed by atoms with E-state index in [-0.39, 0.29) is 19.0 Å². The fourth-order valence-electron chi connectivity index (χ4n) is 4.37. The molecule has 0 saturated carbocycles. The van der Waals surface area contributed by atoms with Gasteiger partial charge in [-0.3, -0.25) is 9.36 Å². The van der Waals surface area contributed by atoms with E-state index in [0.717, 1.165) is 21.2 Å². The van der Waals surface area contributed by atoms with Crippen molar-refractivity contribution in [1.82, 2.24) is 9.55 Å². The van der Waals surface area contributed by atoms with Crippen LogP contribution < -0.4 is 15.0 Å². The van der Waals surface area contributed by atoms with Crippen LogP contribution in [0.2, 0.25) is 5.02 Å². The SMILES string of the molecule is CCOC(=O)c1sc2nc(SCc3csc4ccc(Cl)cc34)n(Cc3ccc4c(c3)OCO4)c(=O)c2c1C. The second kappa shape index (κ2) is 10.3. The molecule has 0 saturated heterocycles. The van der Waals surface area contributed by atoms with Gasteiger partial charge in [0.25, 0.3) is 5.56 Å². The highest BCUT2D eigenvalue weighted by atomic mass is 35.5. The minimum atomic E-state index is -0.439. The smallest absolute Gasteiger partial charge is 0.348 e. The zero-order valence-electron chi connectivity index (χ0n) is 20.4. The van der Waals surface area contributed by atoms with E-state index < -0.39 is 5.97 Å². The molecule has 2 aromatic carbocycles. The highest BCUT2D eigenvalue weighted by molar-refractivity contribution is 7.98. The summed E-state index contributed by atoms with van der Waals surface area (Å²) in [5.74, 6) is 1.50. The second-order valence-electron chi connectivity index (χ2n) is 8.62. The Kier molecular flexibility index (Phi) is 6.81. The van der Waals surface area contributed by atoms with Gasteiger partial charge in [0.05, 0.1) is 18.5 Å². The van der Waals surface area contributed by atoms with E-state index in [1.165, 1.54) is 23.1 Å². The van der Waals surface area contributed by atoms with Crippen molar-refractivity contribution in [2.45, 2.75) is 31.3 Å². The maximum atomic E-state index is 13.9. The van der Waals surface area contributed by atoms with Crippen LogP contribution in [0.5, 0.6) is 11.5 Å². The van der Waals surface area contributed by atoms with E-state index in [2.05, 4.69) is 5.38 Å². The number of benzene rings is 2. The fourth-order valence-corrected chi connectivity index (χ4v) is 7.70. The highest BCUT2D eigenvalue weighted by Crippen LogP contribution is 2.36. The lowest BCUT2D eigenvalue weighted by Gasteiger charge is -2.13. The first kappa shape index (κ1) is 25.2. The topological polar surface area (TPSA) is 79.7 Å². The molecule has 5 aromatic rings. The highest BCUT2D eigenvalue weighted by Gasteiger charge is 2.23. The molecule has 0 amide bonds. The third-order valence-electron chi connectivity index (χ3n) is 6.23. The molecule has 0 spiro atoms. The summed E-state index contributed by atoms with van der Waals surface area (Å²) in [6.07, 6.45) is 0. The Balaban J connectivity index is 1.43. The molecule has 11 heteroatoms. The van der Waals surface area contributed by atoms with Crippen LogP contribution in [0.1, 0.15) is 33.3 Å². The number of carbonyl (C=O) groups is 1. The van der Waals surface area contributed by atoms with Crippen molar-refractivity contribution in [2.24, 2.45) is 0 Å². The molecular formula is C27H21ClN2O5S3. The van der Waals surface area contributed by atoms with Gasteiger partial charge in [0.15, 0.2) is 16.7 Å². The number of nitrogens with zero attached hydrogens (tertiary/aromatic N) is 2. The van der Waals surface area contributed by atoms with Gasteiger partial charge in [-0.1, -0.05) is 29.4 Å². The van der Waals surface area contributed by atoms with Gasteiger partial charge in [-0.05, 0) is 71.6 Å². The van der Waals surface area contributed by atoms with Crippen molar-refractivity contribution < 1.29 is 19.0 Å². The first-order chi connectivity index (χ1) is 18.4. The van der Waals surface area contributed by atoms with Crippen molar-refractivity contribution in [3.63, 3.8) is 0 Å². The van der Waals surface area contributed by atoms with Crippen LogP contribution in [0.4, 0.5) is 0 Å². The van der Waals surface area contributed by atoms with E-state index in [9.17, 15) is 9.59 Å². The molecule has 4 heterocycles. The second-order valence-corrected chi connectivity index (χ2v) is 11.9. The molecule has 0 N–H and O–H groups in total. The van der Waals surface area contributed by atoms with Crippen molar-refractivity contribution >= 4 is 72.3 Å². The van der Waals surface area contributed by atoms with Crippen molar-refractivity contribution in [2.75, 3.05) is 13.4 Å². The Morgan fingerprint density at radius 3 is 2.89 bits per heavy atom. The summed E-state index contributed by atoms with van der Waals surface area (Å²) in [4.78, 5) is 32.3. The molecular weight excluding hydrogens is 564 g/mol. The van der Waals surface area contributed by atoms with E-state index >= 15 is 0 Å². The number of halogens is 1. The lowest BCUT2D eigenvalue weighted by Crippen LogP contribution is -2.24. The summed E-state index contributed by atoms with van der Waals surface area (Å²) in [7, 11) is 0. The van der Waals surface area contributed by atoms with Gasteiger partial charge in [-0.2, -0.15) is 0 Å². The van der Waals surface area contributed by atoms with Crippen LogP contribution in [0.3, 0.4) is 0 Å². The summed E-state index contributed by atoms with van der Waals surface area (Å²) < 4.78 is 19.0. The van der Waals surface area contributed by atoms with E-state index in [0.29, 0.717) is 54.6 Å². The lowest BCUT2D eigenvalue weighted by molar-refractivity contribution is 0.0531. The van der Waals surface area contributed by atoms with Gasteiger partial charge in [0.1, 0.15) is 9.71 Å². The molecule has 3 aromatic heterocycles. The summed E-state index contributed by atoms with van der Waals surface area (Å²) in [5, 5.41) is 4.90. The van der Waals surface area contributed by atoms with Gasteiger partial charge in [0, 0.05) is 15.5 Å². The number of fused-ring (bicyclic) bond motifs is 3. The summed E-state index contributed by atoms with van der Waals surface area (Å²) in [6, 6.07) is 11.5. The molecule has 7 nitrogen and oxygen atoms in total. The van der Waals surface area contributed by atoms with Gasteiger partial charge in [0.2, 0.25) is 6.79 Å². The predicted molar refractivity (Wildman–Crippen MR) is 153 cm³/mol. The van der Waals surface area contributed by atoms with Crippen molar-refractivity contribution in [3.8, 4) is 11.5 Å². The molecule has 1 aliphatic rings. The van der Waals surface area contributed by atoms with Gasteiger partial charge in [-0.15, -0.1) is 22.7 Å². The number of rotatable bonds is 7. The first-order valence-electron chi connectivity index (χ1n) is 11.8. The summed E-state index contributed by atoms with van der Waals surface area (Å²) >= 11 is 10.6. The average molecular weight is 585 g/mol. The quantitative estimate of drug-likeness (QED) is 0.117. The van der Waals surface area contributed by atoms with Crippen LogP contribution >= 0.6 is 46.0 Å². The summed E-state index contributed by atoms with van der Waals surface area (Å²) in [6.45, 7) is 4.26. The Hall–Kier alpha value is -3.05. The maximum absolute atomic E-state index is 13.9. The summed E-state index contributed by atoms with van der Waals surface area (Å²) in [5.41, 5.74) is 2.40. The minimum absolute atomic E-state index is 0.177. The lowest BCUT2D eigenvalue weighted by atomic mass is 10.2. The normalized spacial score (nSPS) is 12.5. The number of hydrogen-bond acceptors (Lipinski definition) is 9. The number of thiophene rings is 2. The number of thioether (sulfide) groups is 1. The van der Waals surface area contributed by atoms with Crippen molar-refractivity contribution in [3.05, 3.63) is 78.7 Å². The number of aromatic nitrogens is 2. The zero-order chi connectivity index (χ0) is 26.4. The zero-order valence-corrected chi connectivity index (χ0v) is 23.6. The molecule has 194 valence electrons. The Morgan fingerprint density at radius 1 is 1.21 bits per heavy atom. The molecule has 6 rings (SSSR count). The van der Waals surface area contributed by atoms with E-state index in [1.54, 1.807) is 29.8 Å². The van der Waals surface area contributed by atoms with Crippen LogP contribution in [-0.2, 0) is 17.0 Å². The van der Waals surface area contributed by atoms with Crippen LogP contribution in [0.15, 0.2) is 51.7 Å². The number of esters is 1. The molecule has 0 fully saturated rings. The standard InChI is InChI=1S/C27H21ClN2O5S3/c1-3-33-26(32)23-14(2)22-24(38-23)29-27(37-12-16-11-36-21-7-5-17(28)9-18(16)21)30(25(22)31)10-15-4-6-19-20(8-15)35-13-34-19/h4-9,11H,3,10,12-13H2,1-2H3. The number of ether oxygens (including phenoxy) is 3. The fraction of sp³-hybridized carbons (Fsp3) is 0.222. The third kappa shape index (κ3) is 4.55. The molecule has 0 atom stereocenters. The van der Waals surface area contributed by atoms with Gasteiger partial charge < -0.3 is 14.2 Å². The van der Waals surface area contributed by atoms with E-state index in [4.69, 9.17) is 30.8 Å².